The number of piperidine rings is 2. The second-order valence-electron chi connectivity index (χ2n) is 8.54. The Morgan fingerprint density at radius 1 is 1.03 bits per heavy atom. The summed E-state index contributed by atoms with van der Waals surface area (Å²) in [5.41, 5.74) is 0. The van der Waals surface area contributed by atoms with Crippen molar-refractivity contribution >= 4 is 11.9 Å². The minimum Gasteiger partial charge on any atom is -0.383 e. The summed E-state index contributed by atoms with van der Waals surface area (Å²) in [6, 6.07) is 0.425. The summed E-state index contributed by atoms with van der Waals surface area (Å²) >= 11 is 0. The monoisotopic (exact) mass is 424 g/mol. The summed E-state index contributed by atoms with van der Waals surface area (Å²) in [6.07, 6.45) is 5.50. The van der Waals surface area contributed by atoms with Gasteiger partial charge in [-0.1, -0.05) is 6.92 Å². The van der Waals surface area contributed by atoms with Gasteiger partial charge in [-0.25, -0.2) is 0 Å². The van der Waals surface area contributed by atoms with E-state index in [2.05, 4.69) is 39.6 Å². The molecule has 0 aliphatic carbocycles. The topological polar surface area (TPSA) is 81.2 Å². The van der Waals surface area contributed by atoms with Crippen LogP contribution in [0.15, 0.2) is 4.99 Å². The molecule has 0 atom stereocenters. The zero-order chi connectivity index (χ0) is 21.6. The summed E-state index contributed by atoms with van der Waals surface area (Å²) in [5, 5.41) is 10.00. The van der Waals surface area contributed by atoms with Gasteiger partial charge in [-0.3, -0.25) is 14.7 Å². The van der Waals surface area contributed by atoms with Gasteiger partial charge >= 0.3 is 0 Å². The molecule has 0 spiro atoms. The predicted octanol–water partition coefficient (Wildman–Crippen LogP) is 0.891. The normalized spacial score (nSPS) is 20.3. The van der Waals surface area contributed by atoms with Crippen molar-refractivity contribution in [3.8, 4) is 0 Å². The molecular formula is C22H44N6O2. The number of carbonyl (C=O) groups excluding carboxylic acids is 1. The van der Waals surface area contributed by atoms with Gasteiger partial charge in [-0.15, -0.1) is 0 Å². The van der Waals surface area contributed by atoms with Crippen LogP contribution < -0.4 is 16.0 Å². The highest BCUT2D eigenvalue weighted by molar-refractivity contribution is 5.80. The third kappa shape index (κ3) is 9.62. The lowest BCUT2D eigenvalue weighted by atomic mass is 9.97. The van der Waals surface area contributed by atoms with E-state index in [0.29, 0.717) is 18.5 Å². The second kappa shape index (κ2) is 14.6. The Morgan fingerprint density at radius 2 is 1.73 bits per heavy atom. The molecule has 1 amide bonds. The first-order valence-electron chi connectivity index (χ1n) is 11.9. The van der Waals surface area contributed by atoms with E-state index >= 15 is 0 Å². The molecule has 0 saturated carbocycles. The lowest BCUT2D eigenvalue weighted by Crippen LogP contribution is -2.50. The van der Waals surface area contributed by atoms with Crippen LogP contribution in [0.2, 0.25) is 0 Å². The fourth-order valence-corrected chi connectivity index (χ4v) is 4.11. The molecule has 3 N–H and O–H groups in total. The smallest absolute Gasteiger partial charge is 0.234 e. The van der Waals surface area contributed by atoms with Gasteiger partial charge < -0.3 is 25.6 Å². The molecule has 8 heteroatoms. The van der Waals surface area contributed by atoms with Crippen LogP contribution in [0.25, 0.3) is 0 Å². The highest BCUT2D eigenvalue weighted by atomic mass is 16.5. The van der Waals surface area contributed by atoms with Crippen molar-refractivity contribution in [3.05, 3.63) is 0 Å². The number of nitrogens with zero attached hydrogens (tertiary/aromatic N) is 3. The molecule has 30 heavy (non-hydrogen) atoms. The Bertz CT molecular complexity index is 500. The van der Waals surface area contributed by atoms with E-state index in [1.54, 1.807) is 7.11 Å². The molecule has 2 aliphatic rings. The van der Waals surface area contributed by atoms with Gasteiger partial charge in [-0.05, 0) is 58.0 Å². The number of amides is 1. The van der Waals surface area contributed by atoms with Crippen molar-refractivity contribution in [2.24, 2.45) is 10.9 Å². The average molecular weight is 425 g/mol. The highest BCUT2D eigenvalue weighted by Crippen LogP contribution is 2.17. The first-order chi connectivity index (χ1) is 14.6. The summed E-state index contributed by atoms with van der Waals surface area (Å²) in [6.45, 7) is 13.3. The third-order valence-corrected chi connectivity index (χ3v) is 6.04. The van der Waals surface area contributed by atoms with Crippen molar-refractivity contribution in [1.29, 1.82) is 0 Å². The van der Waals surface area contributed by atoms with Crippen LogP contribution >= 0.6 is 0 Å². The fraction of sp³-hybridized carbons (Fsp3) is 0.909. The molecule has 0 bridgehead atoms. The van der Waals surface area contributed by atoms with Crippen LogP contribution in [-0.4, -0.2) is 100 Å². The zero-order valence-electron chi connectivity index (χ0n) is 19.4. The molecular weight excluding hydrogens is 380 g/mol. The van der Waals surface area contributed by atoms with E-state index in [0.717, 1.165) is 84.2 Å². The van der Waals surface area contributed by atoms with Crippen LogP contribution in [0.5, 0.6) is 0 Å². The molecule has 0 unspecified atom stereocenters. The van der Waals surface area contributed by atoms with E-state index in [1.807, 2.05) is 0 Å². The Balaban J connectivity index is 1.69. The summed E-state index contributed by atoms with van der Waals surface area (Å²) in [4.78, 5) is 21.6. The molecule has 2 fully saturated rings. The van der Waals surface area contributed by atoms with E-state index in [-0.39, 0.29) is 5.91 Å². The summed E-state index contributed by atoms with van der Waals surface area (Å²) in [5.74, 6) is 1.76. The molecule has 0 aromatic heterocycles. The van der Waals surface area contributed by atoms with Gasteiger partial charge in [0.25, 0.3) is 0 Å². The number of likely N-dealkylation sites (tertiary alicyclic amines) is 2. The zero-order valence-corrected chi connectivity index (χ0v) is 19.4. The number of hydrogen-bond donors (Lipinski definition) is 3. The molecule has 2 rings (SSSR count). The van der Waals surface area contributed by atoms with Gasteiger partial charge in [-0.2, -0.15) is 0 Å². The lowest BCUT2D eigenvalue weighted by Gasteiger charge is -2.33. The number of nitrogens with one attached hydrogen (secondary N) is 3. The van der Waals surface area contributed by atoms with E-state index < -0.39 is 0 Å². The van der Waals surface area contributed by atoms with Crippen LogP contribution in [0.3, 0.4) is 0 Å². The van der Waals surface area contributed by atoms with Crippen molar-refractivity contribution in [3.63, 3.8) is 0 Å². The van der Waals surface area contributed by atoms with Crippen LogP contribution in [0.1, 0.15) is 46.0 Å². The maximum absolute atomic E-state index is 11.9. The number of carbonyl (C=O) groups is 1. The maximum Gasteiger partial charge on any atom is 0.234 e. The van der Waals surface area contributed by atoms with Gasteiger partial charge in [0.2, 0.25) is 5.91 Å². The minimum atomic E-state index is 0.145. The standard InChI is InChI=1S/C22H44N6O2/c1-4-10-24-21(29)18-28-13-8-20(9-14-28)26-22(23-5-2)25-17-19-6-11-27(12-7-19)15-16-30-3/h19-20H,4-18H2,1-3H3,(H,24,29)(H2,23,25,26). The second-order valence-corrected chi connectivity index (χ2v) is 8.54. The van der Waals surface area contributed by atoms with E-state index in [1.165, 1.54) is 12.8 Å². The summed E-state index contributed by atoms with van der Waals surface area (Å²) < 4.78 is 5.19. The Morgan fingerprint density at radius 3 is 2.37 bits per heavy atom. The predicted molar refractivity (Wildman–Crippen MR) is 123 cm³/mol. The van der Waals surface area contributed by atoms with Crippen LogP contribution in [-0.2, 0) is 9.53 Å². The van der Waals surface area contributed by atoms with Gasteiger partial charge in [0.05, 0.1) is 13.2 Å². The lowest BCUT2D eigenvalue weighted by molar-refractivity contribution is -0.122. The Hall–Kier alpha value is -1.38. The molecule has 0 radical (unpaired) electrons. The number of hydrogen-bond acceptors (Lipinski definition) is 5. The highest BCUT2D eigenvalue weighted by Gasteiger charge is 2.22. The minimum absolute atomic E-state index is 0.145. The molecule has 8 nitrogen and oxygen atoms in total. The SMILES string of the molecule is CCCNC(=O)CN1CCC(NC(=NCC2CCN(CCOC)CC2)NCC)CC1. The van der Waals surface area contributed by atoms with Crippen molar-refractivity contribution < 1.29 is 9.53 Å². The molecule has 2 heterocycles. The van der Waals surface area contributed by atoms with E-state index in [4.69, 9.17) is 9.73 Å². The number of methoxy groups -OCH3 is 1. The number of aliphatic imine (C=N–C) groups is 1. The quantitative estimate of drug-likeness (QED) is 0.338. The average Bonchev–Trinajstić information content (AvgIpc) is 2.77. The Kier molecular flexibility index (Phi) is 12.1. The van der Waals surface area contributed by atoms with Crippen molar-refractivity contribution in [2.75, 3.05) is 72.6 Å². The summed E-state index contributed by atoms with van der Waals surface area (Å²) in [7, 11) is 1.77. The maximum atomic E-state index is 11.9. The number of rotatable bonds is 11. The van der Waals surface area contributed by atoms with Gasteiger partial charge in [0, 0.05) is 52.4 Å². The van der Waals surface area contributed by atoms with Crippen LogP contribution in [0, 0.1) is 5.92 Å². The van der Waals surface area contributed by atoms with Crippen LogP contribution in [0.4, 0.5) is 0 Å². The molecule has 0 aromatic rings. The van der Waals surface area contributed by atoms with Gasteiger partial charge in [0.15, 0.2) is 5.96 Å². The largest absolute Gasteiger partial charge is 0.383 e. The number of guanidine groups is 1. The first kappa shape index (κ1) is 24.9. The molecule has 0 aromatic carbocycles. The van der Waals surface area contributed by atoms with Gasteiger partial charge in [0.1, 0.15) is 0 Å². The third-order valence-electron chi connectivity index (χ3n) is 6.04. The Labute approximate surface area is 183 Å². The van der Waals surface area contributed by atoms with Crippen molar-refractivity contribution in [1.82, 2.24) is 25.8 Å². The van der Waals surface area contributed by atoms with E-state index in [9.17, 15) is 4.79 Å². The molecule has 2 saturated heterocycles. The fourth-order valence-electron chi connectivity index (χ4n) is 4.11. The first-order valence-corrected chi connectivity index (χ1v) is 11.9. The van der Waals surface area contributed by atoms with Crippen molar-refractivity contribution in [2.45, 2.75) is 52.0 Å². The number of ether oxygens (including phenoxy) is 1. The molecule has 174 valence electrons. The molecule has 2 aliphatic heterocycles.